The van der Waals surface area contributed by atoms with Crippen LogP contribution in [0.1, 0.15) is 5.56 Å². The zero-order chi connectivity index (χ0) is 15.9. The highest BCUT2D eigenvalue weighted by atomic mass is 32.1. The number of halogens is 3. The summed E-state index contributed by atoms with van der Waals surface area (Å²) < 4.78 is 39.5. The van der Waals surface area contributed by atoms with Gasteiger partial charge in [-0.2, -0.15) is 13.2 Å². The molecular weight excluding hydrogens is 313 g/mol. The molecule has 22 heavy (non-hydrogen) atoms. The van der Waals surface area contributed by atoms with Crippen LogP contribution in [0.25, 0.3) is 16.6 Å². The lowest BCUT2D eigenvalue weighted by Crippen LogP contribution is -2.20. The van der Waals surface area contributed by atoms with Crippen LogP contribution in [0.2, 0.25) is 0 Å². The van der Waals surface area contributed by atoms with Gasteiger partial charge in [-0.1, -0.05) is 18.2 Å². The van der Waals surface area contributed by atoms with Crippen LogP contribution in [-0.4, -0.2) is 9.55 Å². The fourth-order valence-corrected chi connectivity index (χ4v) is 2.50. The van der Waals surface area contributed by atoms with Gasteiger partial charge in [0.2, 0.25) is 0 Å². The Bertz CT molecular complexity index is 958. The highest BCUT2D eigenvalue weighted by Gasteiger charge is 2.30. The molecular formula is C15H9F3N2OS. The number of nitrogens with zero attached hydrogens (tertiary/aromatic N) is 1. The average Bonchev–Trinajstić information content (AvgIpc) is 2.47. The molecule has 0 aliphatic carbocycles. The number of rotatable bonds is 1. The second kappa shape index (κ2) is 5.10. The van der Waals surface area contributed by atoms with Crippen LogP contribution in [0.5, 0.6) is 0 Å². The van der Waals surface area contributed by atoms with Crippen LogP contribution < -0.4 is 5.56 Å². The number of H-pyrrole nitrogens is 1. The molecule has 2 aromatic carbocycles. The van der Waals surface area contributed by atoms with Gasteiger partial charge in [-0.3, -0.25) is 9.36 Å². The minimum atomic E-state index is -4.47. The van der Waals surface area contributed by atoms with Crippen molar-refractivity contribution >= 4 is 23.1 Å². The van der Waals surface area contributed by atoms with Crippen molar-refractivity contribution in [3.63, 3.8) is 0 Å². The van der Waals surface area contributed by atoms with E-state index in [1.807, 2.05) is 0 Å². The minimum Gasteiger partial charge on any atom is -0.331 e. The van der Waals surface area contributed by atoms with E-state index in [9.17, 15) is 18.0 Å². The maximum Gasteiger partial charge on any atom is 0.416 e. The number of alkyl halides is 3. The van der Waals surface area contributed by atoms with E-state index < -0.39 is 17.3 Å². The highest BCUT2D eigenvalue weighted by Crippen LogP contribution is 2.30. The molecule has 0 atom stereocenters. The van der Waals surface area contributed by atoms with Gasteiger partial charge in [0.05, 0.1) is 22.2 Å². The molecule has 3 nitrogen and oxygen atoms in total. The third kappa shape index (κ3) is 2.43. The Kier molecular flexibility index (Phi) is 3.37. The van der Waals surface area contributed by atoms with Crippen LogP contribution in [0, 0.1) is 4.77 Å². The second-order valence-corrected chi connectivity index (χ2v) is 5.05. The van der Waals surface area contributed by atoms with E-state index in [1.54, 1.807) is 30.3 Å². The Morgan fingerprint density at radius 3 is 2.36 bits per heavy atom. The number of aromatic amines is 1. The fraction of sp³-hybridized carbons (Fsp3) is 0.0667. The molecule has 0 bridgehead atoms. The first-order valence-corrected chi connectivity index (χ1v) is 6.70. The number of benzene rings is 2. The normalized spacial score (nSPS) is 11.8. The number of hydrogen-bond donors (Lipinski definition) is 1. The third-order valence-electron chi connectivity index (χ3n) is 3.24. The van der Waals surface area contributed by atoms with Crippen molar-refractivity contribution in [1.82, 2.24) is 9.55 Å². The molecule has 0 aliphatic rings. The van der Waals surface area contributed by atoms with E-state index in [2.05, 4.69) is 4.98 Å². The molecule has 1 heterocycles. The molecule has 0 spiro atoms. The molecule has 0 fully saturated rings. The summed E-state index contributed by atoms with van der Waals surface area (Å²) in [5, 5.41) is 0.144. The quantitative estimate of drug-likeness (QED) is 0.686. The molecule has 0 amide bonds. The van der Waals surface area contributed by atoms with E-state index in [-0.39, 0.29) is 15.7 Å². The van der Waals surface area contributed by atoms with Crippen LogP contribution in [0.4, 0.5) is 13.2 Å². The maximum atomic E-state index is 12.7. The number of nitrogens with one attached hydrogen (secondary N) is 1. The van der Waals surface area contributed by atoms with E-state index >= 15 is 0 Å². The summed E-state index contributed by atoms with van der Waals surface area (Å²) in [6.45, 7) is 0. The zero-order valence-electron chi connectivity index (χ0n) is 11.0. The molecule has 7 heteroatoms. The Morgan fingerprint density at radius 1 is 1.05 bits per heavy atom. The zero-order valence-corrected chi connectivity index (χ0v) is 11.8. The lowest BCUT2D eigenvalue weighted by molar-refractivity contribution is -0.137. The maximum absolute atomic E-state index is 12.7. The molecule has 3 rings (SSSR count). The van der Waals surface area contributed by atoms with Crippen molar-refractivity contribution < 1.29 is 13.2 Å². The molecule has 0 radical (unpaired) electrons. The predicted octanol–water partition coefficient (Wildman–Crippen LogP) is 4.07. The fourth-order valence-electron chi connectivity index (χ4n) is 2.21. The van der Waals surface area contributed by atoms with Gasteiger partial charge in [0.15, 0.2) is 4.77 Å². The summed E-state index contributed by atoms with van der Waals surface area (Å²) in [7, 11) is 0. The third-order valence-corrected chi connectivity index (χ3v) is 3.52. The topological polar surface area (TPSA) is 37.8 Å². The molecule has 0 saturated carbocycles. The molecule has 0 unspecified atom stereocenters. The Labute approximate surface area is 127 Å². The van der Waals surface area contributed by atoms with E-state index in [4.69, 9.17) is 12.2 Å². The predicted molar refractivity (Wildman–Crippen MR) is 79.7 cm³/mol. The van der Waals surface area contributed by atoms with E-state index in [0.29, 0.717) is 5.69 Å². The van der Waals surface area contributed by atoms with Gasteiger partial charge in [-0.15, -0.1) is 0 Å². The lowest BCUT2D eigenvalue weighted by atomic mass is 10.1. The first-order chi connectivity index (χ1) is 10.4. The summed E-state index contributed by atoms with van der Waals surface area (Å²) >= 11 is 5.11. The summed E-state index contributed by atoms with van der Waals surface area (Å²) in [4.78, 5) is 15.2. The van der Waals surface area contributed by atoms with Crippen molar-refractivity contribution in [2.45, 2.75) is 6.18 Å². The first kappa shape index (κ1) is 14.5. The highest BCUT2D eigenvalue weighted by molar-refractivity contribution is 7.71. The smallest absolute Gasteiger partial charge is 0.331 e. The number of para-hydroxylation sites is 1. The van der Waals surface area contributed by atoms with Crippen molar-refractivity contribution in [2.24, 2.45) is 0 Å². The lowest BCUT2D eigenvalue weighted by Gasteiger charge is -2.10. The van der Waals surface area contributed by atoms with Gasteiger partial charge < -0.3 is 4.98 Å². The van der Waals surface area contributed by atoms with Crippen molar-refractivity contribution in [3.05, 3.63) is 69.2 Å². The van der Waals surface area contributed by atoms with Crippen molar-refractivity contribution in [3.8, 4) is 5.69 Å². The first-order valence-electron chi connectivity index (χ1n) is 6.29. The standard InChI is InChI=1S/C15H9F3N2OS/c16-15(17,18)9-6-7-11-12(8-9)19-14(22)20(13(11)21)10-4-2-1-3-5-10/h1-8H,(H,19,22). The van der Waals surface area contributed by atoms with Gasteiger partial charge in [0, 0.05) is 0 Å². The van der Waals surface area contributed by atoms with Crippen LogP contribution in [-0.2, 0) is 6.18 Å². The van der Waals surface area contributed by atoms with Gasteiger partial charge in [0.25, 0.3) is 5.56 Å². The Morgan fingerprint density at radius 2 is 1.73 bits per heavy atom. The van der Waals surface area contributed by atoms with Gasteiger partial charge >= 0.3 is 6.18 Å². The molecule has 1 aromatic heterocycles. The molecule has 0 aliphatic heterocycles. The van der Waals surface area contributed by atoms with Crippen LogP contribution in [0.15, 0.2) is 53.3 Å². The van der Waals surface area contributed by atoms with E-state index in [1.165, 1.54) is 4.57 Å². The largest absolute Gasteiger partial charge is 0.416 e. The SMILES string of the molecule is O=c1c2ccc(C(F)(F)F)cc2[nH]c(=S)n1-c1ccccc1. The molecule has 0 saturated heterocycles. The average molecular weight is 322 g/mol. The number of aromatic nitrogens is 2. The van der Waals surface area contributed by atoms with Crippen LogP contribution >= 0.6 is 12.2 Å². The van der Waals surface area contributed by atoms with Gasteiger partial charge in [0.1, 0.15) is 0 Å². The molecule has 3 aromatic rings. The number of hydrogen-bond acceptors (Lipinski definition) is 2. The summed E-state index contributed by atoms with van der Waals surface area (Å²) in [5.41, 5.74) is -0.672. The minimum absolute atomic E-state index is 0.0445. The summed E-state index contributed by atoms with van der Waals surface area (Å²) in [6, 6.07) is 11.6. The van der Waals surface area contributed by atoms with Gasteiger partial charge in [-0.25, -0.2) is 0 Å². The molecule has 1 N–H and O–H groups in total. The summed E-state index contributed by atoms with van der Waals surface area (Å²) in [6.07, 6.45) is -4.47. The van der Waals surface area contributed by atoms with Crippen LogP contribution in [0.3, 0.4) is 0 Å². The number of fused-ring (bicyclic) bond motifs is 1. The second-order valence-electron chi connectivity index (χ2n) is 4.66. The monoisotopic (exact) mass is 322 g/mol. The summed E-state index contributed by atoms with van der Waals surface area (Å²) in [5.74, 6) is 0. The van der Waals surface area contributed by atoms with Crippen molar-refractivity contribution in [2.75, 3.05) is 0 Å². The van der Waals surface area contributed by atoms with E-state index in [0.717, 1.165) is 18.2 Å². The Balaban J connectivity index is 2.32. The van der Waals surface area contributed by atoms with Gasteiger partial charge in [-0.05, 0) is 42.5 Å². The van der Waals surface area contributed by atoms with Crippen molar-refractivity contribution in [1.29, 1.82) is 0 Å². The molecule has 112 valence electrons. The Hall–Kier alpha value is -2.41.